The van der Waals surface area contributed by atoms with Crippen LogP contribution < -0.4 is 0 Å². The molecule has 34 nitrogen and oxygen atoms in total. The average Bonchev–Trinajstić information content (AvgIpc) is 1.68. The lowest BCUT2D eigenvalue weighted by atomic mass is 9.96. The van der Waals surface area contributed by atoms with Crippen LogP contribution in [0.1, 0.15) is 90.0 Å². The molecule has 0 saturated carbocycles. The van der Waals surface area contributed by atoms with E-state index < -0.39 is 227 Å². The van der Waals surface area contributed by atoms with Gasteiger partial charge in [-0.1, -0.05) is 0 Å². The summed E-state index contributed by atoms with van der Waals surface area (Å²) in [6.45, 7) is 8.91. The molecule has 4 aliphatic heterocycles. The number of aliphatic hydroxyl groups excluding tert-OH is 1. The first-order valence-electron chi connectivity index (χ1n) is 25.6. The number of aliphatic hydroxyl groups is 1. The Hall–Kier alpha value is -7.21. The number of ether oxygens (including phenoxy) is 20. The van der Waals surface area contributed by atoms with Crippen molar-refractivity contribution in [1.29, 1.82) is 0 Å². The predicted octanol–water partition coefficient (Wildman–Crippen LogP) is -2.33. The third-order valence-electron chi connectivity index (χ3n) is 11.7. The van der Waals surface area contributed by atoms with Crippen molar-refractivity contribution in [3.8, 4) is 0 Å². The van der Waals surface area contributed by atoms with Crippen LogP contribution in [0.15, 0.2) is 0 Å². The quantitative estimate of drug-likeness (QED) is 0.0828. The maximum atomic E-state index is 13.1. The van der Waals surface area contributed by atoms with Gasteiger partial charge in [0, 0.05) is 90.0 Å². The van der Waals surface area contributed by atoms with Gasteiger partial charge in [0.25, 0.3) is 0 Å². The maximum Gasteiger partial charge on any atom is 0.303 e. The largest absolute Gasteiger partial charge is 0.463 e. The molecular formula is C50H68O34. The van der Waals surface area contributed by atoms with Crippen molar-refractivity contribution in [3.63, 3.8) is 0 Å². The molecule has 0 radical (unpaired) electrons. The Bertz CT molecular complexity index is 2410. The molecular weight excluding hydrogens is 1140 g/mol. The SMILES string of the molecule is CC(=O)OC[C@H]1O[C@@H](OC[C@H]2O[C@@H](OC[C@H]3O[C@@H](O)[C@H](OC(C)=O)[C@@H](OC(C)=O)[C@H]3OC(C)=O)[C@H](OC(C)=O)[C@@H](OC(C)=O)[C@H]2OC(C)=O)[C@H](O[C@H]2O[C@H](COC(C)=O)[C@@H](OC(C)=O)[C@H](OC(C)=O)[C@H]2OC(C)=O)[C@@H](OC(C)=O)[C@H]1OC(C)=O. The Morgan fingerprint density at radius 2 is 0.488 bits per heavy atom. The number of hydrogen-bond donors (Lipinski definition) is 1. The van der Waals surface area contributed by atoms with E-state index in [1.165, 1.54) is 0 Å². The Morgan fingerprint density at radius 1 is 0.262 bits per heavy atom. The van der Waals surface area contributed by atoms with Crippen molar-refractivity contribution >= 4 is 77.6 Å². The standard InChI is InChI=1S/C50H68O34/c1-18(51)65-14-32-36(70-21(4)54)41(75-26(9)59)45(84-50-46(79-30(13)63)42(76-27(10)60)37(71-22(5)55)33(83-50)15-66-19(2)52)49(81-32)68-17-34-38(72-23(6)56)40(74-25(8)58)44(78-29(12)62)48(82-34)67-16-31-35(69-20(3)53)39(73-24(7)57)43(47(64)80-31)77-28(11)61/h31-50,64H,14-17H2,1-13H3/t31-,32-,33-,34-,35+,36+,37-,38+,39+,40+,41+,42+,43-,44-,45-,46-,47-,48-,49-,50-/m1/s1. The van der Waals surface area contributed by atoms with Crippen molar-refractivity contribution in [1.82, 2.24) is 0 Å². The molecule has 0 spiro atoms. The summed E-state index contributed by atoms with van der Waals surface area (Å²) in [6, 6.07) is 0. The summed E-state index contributed by atoms with van der Waals surface area (Å²) < 4.78 is 114. The number of hydrogen-bond acceptors (Lipinski definition) is 34. The van der Waals surface area contributed by atoms with Crippen LogP contribution in [0.25, 0.3) is 0 Å². The van der Waals surface area contributed by atoms with Gasteiger partial charge in [-0.2, -0.15) is 0 Å². The van der Waals surface area contributed by atoms with Gasteiger partial charge >= 0.3 is 77.6 Å². The van der Waals surface area contributed by atoms with Gasteiger partial charge in [-0.05, 0) is 0 Å². The molecule has 1 N–H and O–H groups in total. The third kappa shape index (κ3) is 20.5. The first-order valence-corrected chi connectivity index (χ1v) is 25.6. The second-order valence-electron chi connectivity index (χ2n) is 18.9. The second kappa shape index (κ2) is 31.6. The van der Waals surface area contributed by atoms with Crippen LogP contribution in [-0.2, 0) is 157 Å². The molecule has 0 aromatic heterocycles. The van der Waals surface area contributed by atoms with E-state index in [0.29, 0.717) is 0 Å². The van der Waals surface area contributed by atoms with E-state index in [1.807, 2.05) is 0 Å². The summed E-state index contributed by atoms with van der Waals surface area (Å²) >= 11 is 0. The van der Waals surface area contributed by atoms with Crippen LogP contribution in [-0.4, -0.2) is 232 Å². The molecule has 4 heterocycles. The smallest absolute Gasteiger partial charge is 0.303 e. The average molecular weight is 1210 g/mol. The second-order valence-corrected chi connectivity index (χ2v) is 18.9. The highest BCUT2D eigenvalue weighted by atomic mass is 16.8. The molecule has 20 atom stereocenters. The number of esters is 13. The topological polar surface area (TPSA) is 427 Å². The lowest BCUT2D eigenvalue weighted by Crippen LogP contribution is -2.67. The summed E-state index contributed by atoms with van der Waals surface area (Å²) in [6.07, 6.45) is -37.6. The van der Waals surface area contributed by atoms with Gasteiger partial charge in [0.1, 0.15) is 37.6 Å². The van der Waals surface area contributed by atoms with Gasteiger partial charge in [0.05, 0.1) is 13.2 Å². The molecule has 0 unspecified atom stereocenters. The number of carbonyl (C=O) groups is 13. The van der Waals surface area contributed by atoms with Gasteiger partial charge in [-0.15, -0.1) is 0 Å². The van der Waals surface area contributed by atoms with Gasteiger partial charge < -0.3 is 99.8 Å². The molecule has 472 valence electrons. The van der Waals surface area contributed by atoms with Crippen LogP contribution in [0.5, 0.6) is 0 Å². The minimum absolute atomic E-state index is 0.760. The first-order chi connectivity index (χ1) is 39.3. The predicted molar refractivity (Wildman–Crippen MR) is 258 cm³/mol. The van der Waals surface area contributed by atoms with Gasteiger partial charge in [0.15, 0.2) is 98.4 Å². The Morgan fingerprint density at radius 3 is 0.810 bits per heavy atom. The van der Waals surface area contributed by atoms with E-state index in [0.717, 1.165) is 90.0 Å². The van der Waals surface area contributed by atoms with Crippen molar-refractivity contribution in [3.05, 3.63) is 0 Å². The monoisotopic (exact) mass is 1210 g/mol. The highest BCUT2D eigenvalue weighted by Crippen LogP contribution is 2.38. The Kier molecular flexibility index (Phi) is 26.1. The minimum atomic E-state index is -2.12. The summed E-state index contributed by atoms with van der Waals surface area (Å²) in [5, 5.41) is 11.1. The van der Waals surface area contributed by atoms with Crippen LogP contribution in [0, 0.1) is 0 Å². The molecule has 84 heavy (non-hydrogen) atoms. The highest BCUT2D eigenvalue weighted by Gasteiger charge is 2.60. The highest BCUT2D eigenvalue weighted by molar-refractivity contribution is 5.71. The zero-order valence-electron chi connectivity index (χ0n) is 47.8. The lowest BCUT2D eigenvalue weighted by molar-refractivity contribution is -0.374. The zero-order valence-corrected chi connectivity index (χ0v) is 47.8. The van der Waals surface area contributed by atoms with E-state index in [-0.39, 0.29) is 0 Å². The normalized spacial score (nSPS) is 32.7. The van der Waals surface area contributed by atoms with Crippen molar-refractivity contribution in [2.45, 2.75) is 213 Å². The third-order valence-corrected chi connectivity index (χ3v) is 11.7. The molecule has 0 amide bonds. The fraction of sp³-hybridized carbons (Fsp3) is 0.740. The zero-order chi connectivity index (χ0) is 63.0. The first kappa shape index (κ1) is 69.3. The molecule has 0 aromatic rings. The Balaban J connectivity index is 1.93. The molecule has 4 aliphatic rings. The molecule has 4 rings (SSSR count). The summed E-state index contributed by atoms with van der Waals surface area (Å²) in [7, 11) is 0. The Labute approximate surface area is 478 Å². The molecule has 0 bridgehead atoms. The molecule has 4 saturated heterocycles. The lowest BCUT2D eigenvalue weighted by Gasteiger charge is -2.49. The number of carbonyl (C=O) groups excluding carboxylic acids is 13. The minimum Gasteiger partial charge on any atom is -0.463 e. The fourth-order valence-corrected chi connectivity index (χ4v) is 9.11. The van der Waals surface area contributed by atoms with Crippen LogP contribution in [0.4, 0.5) is 0 Å². The van der Waals surface area contributed by atoms with Crippen molar-refractivity contribution in [2.24, 2.45) is 0 Å². The van der Waals surface area contributed by atoms with E-state index >= 15 is 0 Å². The summed E-state index contributed by atoms with van der Waals surface area (Å²) in [5.41, 5.74) is 0. The van der Waals surface area contributed by atoms with E-state index in [1.54, 1.807) is 0 Å². The molecule has 0 aromatic carbocycles. The van der Waals surface area contributed by atoms with Crippen LogP contribution >= 0.6 is 0 Å². The molecule has 34 heteroatoms. The van der Waals surface area contributed by atoms with Crippen molar-refractivity contribution < 1.29 is 162 Å². The van der Waals surface area contributed by atoms with Gasteiger partial charge in [-0.3, -0.25) is 62.3 Å². The molecule has 0 aliphatic carbocycles. The fourth-order valence-electron chi connectivity index (χ4n) is 9.11. The van der Waals surface area contributed by atoms with Crippen LogP contribution in [0.3, 0.4) is 0 Å². The summed E-state index contributed by atoms with van der Waals surface area (Å²) in [5.74, 6) is -13.2. The maximum absolute atomic E-state index is 13.1. The van der Waals surface area contributed by atoms with Gasteiger partial charge in [-0.25, -0.2) is 0 Å². The van der Waals surface area contributed by atoms with E-state index in [2.05, 4.69) is 0 Å². The van der Waals surface area contributed by atoms with Crippen LogP contribution in [0.2, 0.25) is 0 Å². The van der Waals surface area contributed by atoms with E-state index in [9.17, 15) is 67.4 Å². The van der Waals surface area contributed by atoms with Crippen molar-refractivity contribution in [2.75, 3.05) is 26.4 Å². The number of rotatable bonds is 23. The van der Waals surface area contributed by atoms with Gasteiger partial charge in [0.2, 0.25) is 0 Å². The summed E-state index contributed by atoms with van der Waals surface area (Å²) in [4.78, 5) is 164. The molecule has 4 fully saturated rings. The van der Waals surface area contributed by atoms with E-state index in [4.69, 9.17) is 94.7 Å².